The second-order valence-electron chi connectivity index (χ2n) is 4.90. The molecule has 0 aromatic carbocycles. The molecule has 2 heterocycles. The van der Waals surface area contributed by atoms with Crippen LogP contribution in [0.15, 0.2) is 30.6 Å². The molecule has 1 aliphatic rings. The van der Waals surface area contributed by atoms with E-state index in [1.54, 1.807) is 0 Å². The van der Waals surface area contributed by atoms with Gasteiger partial charge >= 0.3 is 0 Å². The van der Waals surface area contributed by atoms with Gasteiger partial charge in [0.05, 0.1) is 11.7 Å². The molecule has 2 aromatic rings. The number of pyridine rings is 1. The van der Waals surface area contributed by atoms with E-state index >= 15 is 0 Å². The van der Waals surface area contributed by atoms with E-state index in [0.717, 1.165) is 23.9 Å². The summed E-state index contributed by atoms with van der Waals surface area (Å²) in [6.07, 6.45) is 8.20. The van der Waals surface area contributed by atoms with Crippen LogP contribution in [-0.4, -0.2) is 15.5 Å². The SMILES string of the molecule is O=C(NCc1cnn2ccccc12)C1CCCC1. The molecule has 1 saturated carbocycles. The summed E-state index contributed by atoms with van der Waals surface area (Å²) < 4.78 is 1.83. The molecular weight excluding hydrogens is 226 g/mol. The van der Waals surface area contributed by atoms with Crippen LogP contribution in [-0.2, 0) is 11.3 Å². The third-order valence-electron chi connectivity index (χ3n) is 3.69. The molecule has 1 N–H and O–H groups in total. The summed E-state index contributed by atoms with van der Waals surface area (Å²) in [5, 5.41) is 7.29. The number of carbonyl (C=O) groups is 1. The van der Waals surface area contributed by atoms with Gasteiger partial charge in [0.1, 0.15) is 0 Å². The molecule has 1 aliphatic carbocycles. The normalized spacial score (nSPS) is 16.2. The van der Waals surface area contributed by atoms with Gasteiger partial charge < -0.3 is 5.32 Å². The van der Waals surface area contributed by atoms with Crippen molar-refractivity contribution in [2.75, 3.05) is 0 Å². The number of amides is 1. The fourth-order valence-electron chi connectivity index (χ4n) is 2.64. The molecule has 1 fully saturated rings. The number of fused-ring (bicyclic) bond motifs is 1. The van der Waals surface area contributed by atoms with E-state index in [9.17, 15) is 4.79 Å². The van der Waals surface area contributed by atoms with Crippen LogP contribution in [0, 0.1) is 5.92 Å². The maximum Gasteiger partial charge on any atom is 0.223 e. The Bertz CT molecular complexity index is 555. The zero-order valence-corrected chi connectivity index (χ0v) is 10.3. The Labute approximate surface area is 106 Å². The Morgan fingerprint density at radius 2 is 2.22 bits per heavy atom. The lowest BCUT2D eigenvalue weighted by atomic mass is 10.1. The predicted octanol–water partition coefficient (Wildman–Crippen LogP) is 2.14. The van der Waals surface area contributed by atoms with Crippen molar-refractivity contribution in [2.45, 2.75) is 32.2 Å². The number of nitrogens with one attached hydrogen (secondary N) is 1. The molecule has 4 nitrogen and oxygen atoms in total. The van der Waals surface area contributed by atoms with Crippen molar-refractivity contribution in [3.8, 4) is 0 Å². The minimum atomic E-state index is 0.197. The number of carbonyl (C=O) groups excluding carboxylic acids is 1. The van der Waals surface area contributed by atoms with Crippen LogP contribution in [0.5, 0.6) is 0 Å². The lowest BCUT2D eigenvalue weighted by molar-refractivity contribution is -0.124. The lowest BCUT2D eigenvalue weighted by Gasteiger charge is -2.09. The second kappa shape index (κ2) is 4.80. The maximum atomic E-state index is 11.9. The number of hydrogen-bond acceptors (Lipinski definition) is 2. The average molecular weight is 243 g/mol. The first-order valence-corrected chi connectivity index (χ1v) is 6.53. The van der Waals surface area contributed by atoms with Gasteiger partial charge in [-0.05, 0) is 25.0 Å². The molecule has 94 valence electrons. The molecule has 0 atom stereocenters. The summed E-state index contributed by atoms with van der Waals surface area (Å²) in [5.74, 6) is 0.426. The van der Waals surface area contributed by atoms with Gasteiger partial charge in [0.15, 0.2) is 0 Å². The van der Waals surface area contributed by atoms with Gasteiger partial charge in [0.2, 0.25) is 5.91 Å². The van der Waals surface area contributed by atoms with E-state index in [1.807, 2.05) is 35.1 Å². The van der Waals surface area contributed by atoms with Crippen LogP contribution in [0.25, 0.3) is 5.52 Å². The van der Waals surface area contributed by atoms with Crippen molar-refractivity contribution in [2.24, 2.45) is 5.92 Å². The highest BCUT2D eigenvalue weighted by molar-refractivity contribution is 5.79. The molecule has 0 bridgehead atoms. The summed E-state index contributed by atoms with van der Waals surface area (Å²) in [7, 11) is 0. The Hall–Kier alpha value is -1.84. The highest BCUT2D eigenvalue weighted by atomic mass is 16.1. The third-order valence-corrected chi connectivity index (χ3v) is 3.69. The zero-order valence-electron chi connectivity index (χ0n) is 10.3. The maximum absolute atomic E-state index is 11.9. The van der Waals surface area contributed by atoms with Crippen LogP contribution in [0.1, 0.15) is 31.2 Å². The van der Waals surface area contributed by atoms with Gasteiger partial charge in [0.25, 0.3) is 0 Å². The number of nitrogens with zero attached hydrogens (tertiary/aromatic N) is 2. The Morgan fingerprint density at radius 1 is 1.39 bits per heavy atom. The van der Waals surface area contributed by atoms with Gasteiger partial charge in [0, 0.05) is 24.2 Å². The minimum Gasteiger partial charge on any atom is -0.352 e. The summed E-state index contributed by atoms with van der Waals surface area (Å²) in [4.78, 5) is 11.9. The van der Waals surface area contributed by atoms with Crippen LogP contribution < -0.4 is 5.32 Å². The minimum absolute atomic E-state index is 0.197. The highest BCUT2D eigenvalue weighted by Gasteiger charge is 2.22. The lowest BCUT2D eigenvalue weighted by Crippen LogP contribution is -2.28. The molecule has 0 aliphatic heterocycles. The Kier molecular flexibility index (Phi) is 3.00. The van der Waals surface area contributed by atoms with E-state index < -0.39 is 0 Å². The molecule has 0 saturated heterocycles. The van der Waals surface area contributed by atoms with Crippen molar-refractivity contribution in [3.05, 3.63) is 36.2 Å². The highest BCUT2D eigenvalue weighted by Crippen LogP contribution is 2.24. The molecule has 2 aromatic heterocycles. The van der Waals surface area contributed by atoms with Crippen LogP contribution in [0.4, 0.5) is 0 Å². The first-order valence-electron chi connectivity index (χ1n) is 6.53. The molecule has 0 radical (unpaired) electrons. The van der Waals surface area contributed by atoms with E-state index in [1.165, 1.54) is 12.8 Å². The van der Waals surface area contributed by atoms with E-state index in [-0.39, 0.29) is 11.8 Å². The molecule has 3 rings (SSSR count). The van der Waals surface area contributed by atoms with E-state index in [2.05, 4.69) is 10.4 Å². The largest absolute Gasteiger partial charge is 0.352 e. The molecule has 0 unspecified atom stereocenters. The first kappa shape index (κ1) is 11.3. The summed E-state index contributed by atoms with van der Waals surface area (Å²) >= 11 is 0. The van der Waals surface area contributed by atoms with Gasteiger partial charge in [-0.15, -0.1) is 0 Å². The molecule has 1 amide bonds. The monoisotopic (exact) mass is 243 g/mol. The Balaban J connectivity index is 1.67. The van der Waals surface area contributed by atoms with Gasteiger partial charge in [-0.1, -0.05) is 18.9 Å². The van der Waals surface area contributed by atoms with Crippen LogP contribution in [0.3, 0.4) is 0 Å². The number of hydrogen-bond donors (Lipinski definition) is 1. The van der Waals surface area contributed by atoms with Crippen molar-refractivity contribution < 1.29 is 4.79 Å². The van der Waals surface area contributed by atoms with Crippen molar-refractivity contribution in [1.82, 2.24) is 14.9 Å². The van der Waals surface area contributed by atoms with Crippen LogP contribution >= 0.6 is 0 Å². The Morgan fingerprint density at radius 3 is 3.06 bits per heavy atom. The number of aromatic nitrogens is 2. The fraction of sp³-hybridized carbons (Fsp3) is 0.429. The molecule has 4 heteroatoms. The smallest absolute Gasteiger partial charge is 0.223 e. The number of rotatable bonds is 3. The zero-order chi connectivity index (χ0) is 12.4. The average Bonchev–Trinajstić information content (AvgIpc) is 3.06. The fourth-order valence-corrected chi connectivity index (χ4v) is 2.64. The molecular formula is C14H17N3O. The van der Waals surface area contributed by atoms with Crippen molar-refractivity contribution in [1.29, 1.82) is 0 Å². The standard InChI is InChI=1S/C14H17N3O/c18-14(11-5-1-2-6-11)15-9-12-10-16-17-8-4-3-7-13(12)17/h3-4,7-8,10-11H,1-2,5-6,9H2,(H,15,18). The third kappa shape index (κ3) is 2.10. The quantitative estimate of drug-likeness (QED) is 0.897. The first-order chi connectivity index (χ1) is 8.84. The van der Waals surface area contributed by atoms with Crippen molar-refractivity contribution >= 4 is 11.4 Å². The predicted molar refractivity (Wildman–Crippen MR) is 69.0 cm³/mol. The van der Waals surface area contributed by atoms with Gasteiger partial charge in [-0.2, -0.15) is 5.10 Å². The summed E-state index contributed by atoms with van der Waals surface area (Å²) in [6.45, 7) is 0.572. The van der Waals surface area contributed by atoms with Crippen LogP contribution in [0.2, 0.25) is 0 Å². The van der Waals surface area contributed by atoms with Gasteiger partial charge in [-0.3, -0.25) is 4.79 Å². The topological polar surface area (TPSA) is 46.4 Å². The molecule has 18 heavy (non-hydrogen) atoms. The molecule has 0 spiro atoms. The van der Waals surface area contributed by atoms with E-state index in [4.69, 9.17) is 0 Å². The van der Waals surface area contributed by atoms with E-state index in [0.29, 0.717) is 6.54 Å². The van der Waals surface area contributed by atoms with Gasteiger partial charge in [-0.25, -0.2) is 4.52 Å². The second-order valence-corrected chi connectivity index (χ2v) is 4.90. The summed E-state index contributed by atoms with van der Waals surface area (Å²) in [5.41, 5.74) is 2.13. The van der Waals surface area contributed by atoms with Crippen molar-refractivity contribution in [3.63, 3.8) is 0 Å². The summed E-state index contributed by atoms with van der Waals surface area (Å²) in [6, 6.07) is 5.95.